The minimum atomic E-state index is -0.386. The molecule has 1 aliphatic heterocycles. The smallest absolute Gasteiger partial charge is 0.246 e. The van der Waals surface area contributed by atoms with Crippen molar-refractivity contribution in [1.82, 2.24) is 10.2 Å². The molecule has 1 aromatic rings. The first kappa shape index (κ1) is 11.8. The van der Waals surface area contributed by atoms with E-state index in [1.807, 2.05) is 37.3 Å². The van der Waals surface area contributed by atoms with Gasteiger partial charge in [-0.2, -0.15) is 0 Å². The SMILES string of the molecule is CC(NC1CC(=O)N(C)C1=O)c1ccccc1. The second kappa shape index (κ2) is 4.67. The molecule has 17 heavy (non-hydrogen) atoms. The fourth-order valence-corrected chi connectivity index (χ4v) is 2.03. The molecule has 2 rings (SSSR count). The summed E-state index contributed by atoms with van der Waals surface area (Å²) in [6.07, 6.45) is 0.256. The van der Waals surface area contributed by atoms with Crippen molar-refractivity contribution in [3.05, 3.63) is 35.9 Å². The number of carbonyl (C=O) groups excluding carboxylic acids is 2. The molecule has 1 N–H and O–H groups in total. The van der Waals surface area contributed by atoms with Crippen molar-refractivity contribution in [3.8, 4) is 0 Å². The van der Waals surface area contributed by atoms with Crippen LogP contribution < -0.4 is 5.32 Å². The van der Waals surface area contributed by atoms with Crippen LogP contribution in [0.3, 0.4) is 0 Å². The third kappa shape index (κ3) is 2.36. The van der Waals surface area contributed by atoms with Crippen LogP contribution in [0.15, 0.2) is 30.3 Å². The highest BCUT2D eigenvalue weighted by Crippen LogP contribution is 2.17. The first-order valence-corrected chi connectivity index (χ1v) is 5.71. The molecule has 0 bridgehead atoms. The van der Waals surface area contributed by atoms with Gasteiger partial charge in [0.05, 0.1) is 12.5 Å². The normalized spacial score (nSPS) is 22.0. The maximum Gasteiger partial charge on any atom is 0.246 e. The fraction of sp³-hybridized carbons (Fsp3) is 0.385. The van der Waals surface area contributed by atoms with Crippen LogP contribution >= 0.6 is 0 Å². The van der Waals surface area contributed by atoms with E-state index in [0.29, 0.717) is 0 Å². The second-order valence-corrected chi connectivity index (χ2v) is 4.35. The summed E-state index contributed by atoms with van der Waals surface area (Å²) in [5.74, 6) is -0.259. The van der Waals surface area contributed by atoms with E-state index in [1.54, 1.807) is 0 Å². The van der Waals surface area contributed by atoms with Crippen LogP contribution in [0.4, 0.5) is 0 Å². The van der Waals surface area contributed by atoms with Crippen molar-refractivity contribution in [2.45, 2.75) is 25.4 Å². The standard InChI is InChI=1S/C13H16N2O2/c1-9(10-6-4-3-5-7-10)14-11-8-12(16)15(2)13(11)17/h3-7,9,11,14H,8H2,1-2H3. The van der Waals surface area contributed by atoms with Gasteiger partial charge in [-0.05, 0) is 12.5 Å². The fourth-order valence-electron chi connectivity index (χ4n) is 2.03. The topological polar surface area (TPSA) is 49.4 Å². The van der Waals surface area contributed by atoms with Crippen LogP contribution in [0.5, 0.6) is 0 Å². The highest BCUT2D eigenvalue weighted by Gasteiger charge is 2.36. The van der Waals surface area contributed by atoms with Crippen molar-refractivity contribution in [2.24, 2.45) is 0 Å². The first-order chi connectivity index (χ1) is 8.09. The van der Waals surface area contributed by atoms with Crippen LogP contribution in [0.25, 0.3) is 0 Å². The molecule has 0 aromatic heterocycles. The molecule has 4 heteroatoms. The molecule has 0 radical (unpaired) electrons. The van der Waals surface area contributed by atoms with Crippen molar-refractivity contribution in [2.75, 3.05) is 7.05 Å². The summed E-state index contributed by atoms with van der Waals surface area (Å²) < 4.78 is 0. The number of benzene rings is 1. The molecular formula is C13H16N2O2. The number of imide groups is 1. The highest BCUT2D eigenvalue weighted by atomic mass is 16.2. The summed E-state index contributed by atoms with van der Waals surface area (Å²) in [6, 6.07) is 9.55. The van der Waals surface area contributed by atoms with Crippen LogP contribution in [-0.4, -0.2) is 29.8 Å². The summed E-state index contributed by atoms with van der Waals surface area (Å²) >= 11 is 0. The van der Waals surface area contributed by atoms with Gasteiger partial charge in [0, 0.05) is 13.1 Å². The van der Waals surface area contributed by atoms with E-state index >= 15 is 0 Å². The predicted octanol–water partition coefficient (Wildman–Crippen LogP) is 1.09. The van der Waals surface area contributed by atoms with Gasteiger partial charge in [0.2, 0.25) is 11.8 Å². The largest absolute Gasteiger partial charge is 0.299 e. The monoisotopic (exact) mass is 232 g/mol. The number of hydrogen-bond donors (Lipinski definition) is 1. The summed E-state index contributed by atoms with van der Waals surface area (Å²) in [4.78, 5) is 24.3. The molecule has 2 unspecified atom stereocenters. The van der Waals surface area contributed by atoms with Crippen LogP contribution in [0.1, 0.15) is 24.9 Å². The van der Waals surface area contributed by atoms with Gasteiger partial charge < -0.3 is 0 Å². The number of nitrogens with zero attached hydrogens (tertiary/aromatic N) is 1. The number of likely N-dealkylation sites (N-methyl/N-ethyl adjacent to an activating group) is 1. The molecule has 2 amide bonds. The molecule has 1 fully saturated rings. The lowest BCUT2D eigenvalue weighted by Crippen LogP contribution is -2.38. The second-order valence-electron chi connectivity index (χ2n) is 4.35. The molecule has 1 aromatic carbocycles. The van der Waals surface area contributed by atoms with Crippen molar-refractivity contribution < 1.29 is 9.59 Å². The van der Waals surface area contributed by atoms with Crippen molar-refractivity contribution >= 4 is 11.8 Å². The van der Waals surface area contributed by atoms with Gasteiger partial charge in [0.1, 0.15) is 0 Å². The highest BCUT2D eigenvalue weighted by molar-refractivity contribution is 6.05. The first-order valence-electron chi connectivity index (χ1n) is 5.71. The molecule has 0 saturated carbocycles. The van der Waals surface area contributed by atoms with E-state index in [0.717, 1.165) is 5.56 Å². The van der Waals surface area contributed by atoms with E-state index in [2.05, 4.69) is 5.32 Å². The van der Waals surface area contributed by atoms with Crippen LogP contribution in [0, 0.1) is 0 Å². The summed E-state index contributed by atoms with van der Waals surface area (Å²) in [5, 5.41) is 3.19. The quantitative estimate of drug-likeness (QED) is 0.794. The Balaban J connectivity index is 2.03. The van der Waals surface area contributed by atoms with Gasteiger partial charge >= 0.3 is 0 Å². The van der Waals surface area contributed by atoms with E-state index in [9.17, 15) is 9.59 Å². The summed E-state index contributed by atoms with van der Waals surface area (Å²) in [7, 11) is 1.53. The molecule has 1 aliphatic rings. The Hall–Kier alpha value is -1.68. The van der Waals surface area contributed by atoms with Gasteiger partial charge in [-0.1, -0.05) is 30.3 Å². The molecule has 90 valence electrons. The number of rotatable bonds is 3. The average Bonchev–Trinajstić information content (AvgIpc) is 2.58. The Morgan fingerprint density at radius 2 is 1.94 bits per heavy atom. The lowest BCUT2D eigenvalue weighted by Gasteiger charge is -2.18. The van der Waals surface area contributed by atoms with Gasteiger partial charge in [-0.3, -0.25) is 19.8 Å². The summed E-state index contributed by atoms with van der Waals surface area (Å²) in [5.41, 5.74) is 1.11. The molecule has 1 heterocycles. The molecule has 0 aliphatic carbocycles. The number of hydrogen-bond acceptors (Lipinski definition) is 3. The lowest BCUT2D eigenvalue weighted by molar-refractivity contribution is -0.137. The predicted molar refractivity (Wildman–Crippen MR) is 64.2 cm³/mol. The van der Waals surface area contributed by atoms with Crippen LogP contribution in [0.2, 0.25) is 0 Å². The zero-order valence-corrected chi connectivity index (χ0v) is 10.0. The Labute approximate surface area is 101 Å². The van der Waals surface area contributed by atoms with E-state index in [1.165, 1.54) is 11.9 Å². The number of carbonyl (C=O) groups is 2. The van der Waals surface area contributed by atoms with Gasteiger partial charge in [0.15, 0.2) is 0 Å². The van der Waals surface area contributed by atoms with Crippen molar-refractivity contribution in [3.63, 3.8) is 0 Å². The van der Waals surface area contributed by atoms with E-state index < -0.39 is 0 Å². The Bertz CT molecular complexity index is 430. The third-order valence-corrected chi connectivity index (χ3v) is 3.13. The number of nitrogens with one attached hydrogen (secondary N) is 1. The summed E-state index contributed by atoms with van der Waals surface area (Å²) in [6.45, 7) is 1.99. The maximum absolute atomic E-state index is 11.7. The van der Waals surface area contributed by atoms with Gasteiger partial charge in [-0.25, -0.2) is 0 Å². The minimum Gasteiger partial charge on any atom is -0.299 e. The molecule has 4 nitrogen and oxygen atoms in total. The Morgan fingerprint density at radius 1 is 1.29 bits per heavy atom. The number of amides is 2. The Morgan fingerprint density at radius 3 is 2.47 bits per heavy atom. The van der Waals surface area contributed by atoms with Crippen LogP contribution in [-0.2, 0) is 9.59 Å². The average molecular weight is 232 g/mol. The maximum atomic E-state index is 11.7. The molecule has 1 saturated heterocycles. The van der Waals surface area contributed by atoms with Gasteiger partial charge in [-0.15, -0.1) is 0 Å². The molecule has 0 spiro atoms. The number of likely N-dealkylation sites (tertiary alicyclic amines) is 1. The molecular weight excluding hydrogens is 216 g/mol. The van der Waals surface area contributed by atoms with Gasteiger partial charge in [0.25, 0.3) is 0 Å². The minimum absolute atomic E-state index is 0.0597. The lowest BCUT2D eigenvalue weighted by atomic mass is 10.1. The third-order valence-electron chi connectivity index (χ3n) is 3.13. The van der Waals surface area contributed by atoms with E-state index in [-0.39, 0.29) is 30.3 Å². The zero-order valence-electron chi connectivity index (χ0n) is 10.0. The Kier molecular flexibility index (Phi) is 3.24. The zero-order chi connectivity index (χ0) is 12.4. The molecule has 2 atom stereocenters. The van der Waals surface area contributed by atoms with Crippen molar-refractivity contribution in [1.29, 1.82) is 0 Å². The van der Waals surface area contributed by atoms with E-state index in [4.69, 9.17) is 0 Å².